The second-order valence-electron chi connectivity index (χ2n) is 6.49. The van der Waals surface area contributed by atoms with Crippen LogP contribution in [-0.2, 0) is 0 Å². The van der Waals surface area contributed by atoms with Crippen LogP contribution in [0.4, 0.5) is 0 Å². The van der Waals surface area contributed by atoms with Crippen LogP contribution in [-0.4, -0.2) is 36.6 Å². The maximum Gasteiger partial charge on any atom is 0.0320 e. The van der Waals surface area contributed by atoms with E-state index in [2.05, 4.69) is 16.3 Å². The molecule has 2 heteroatoms. The molecule has 0 aromatic rings. The van der Waals surface area contributed by atoms with Crippen molar-refractivity contribution in [2.75, 3.05) is 19.6 Å². The highest BCUT2D eigenvalue weighted by atomic mass is 15.2. The van der Waals surface area contributed by atoms with Crippen molar-refractivity contribution in [1.82, 2.24) is 10.2 Å². The maximum atomic E-state index is 3.78. The lowest BCUT2D eigenvalue weighted by molar-refractivity contribution is 0.0271. The number of hydrogen-bond acceptors (Lipinski definition) is 2. The van der Waals surface area contributed by atoms with Gasteiger partial charge in [0.15, 0.2) is 0 Å². The molecule has 1 N–H and O–H groups in total. The molecule has 3 aliphatic heterocycles. The fourth-order valence-corrected chi connectivity index (χ4v) is 4.80. The zero-order valence-electron chi connectivity index (χ0n) is 10.7. The van der Waals surface area contributed by atoms with Crippen LogP contribution in [0.2, 0.25) is 0 Å². The highest BCUT2D eigenvalue weighted by molar-refractivity contribution is 5.23. The monoisotopic (exact) mass is 232 g/mol. The van der Waals surface area contributed by atoms with Crippen molar-refractivity contribution in [3.8, 4) is 0 Å². The maximum absolute atomic E-state index is 3.78. The first-order chi connectivity index (χ1) is 8.42. The summed E-state index contributed by atoms with van der Waals surface area (Å²) in [5.41, 5.74) is 1.77. The van der Waals surface area contributed by atoms with E-state index in [-0.39, 0.29) is 0 Å². The summed E-state index contributed by atoms with van der Waals surface area (Å²) in [7, 11) is 0. The third-order valence-corrected chi connectivity index (χ3v) is 5.51. The van der Waals surface area contributed by atoms with Crippen molar-refractivity contribution in [3.63, 3.8) is 0 Å². The van der Waals surface area contributed by atoms with Gasteiger partial charge in [0.25, 0.3) is 0 Å². The van der Waals surface area contributed by atoms with Crippen LogP contribution in [0.25, 0.3) is 0 Å². The molecule has 2 nitrogen and oxygen atoms in total. The highest BCUT2D eigenvalue weighted by Gasteiger charge is 2.43. The van der Waals surface area contributed by atoms with Gasteiger partial charge < -0.3 is 5.32 Å². The minimum Gasteiger partial charge on any atom is -0.310 e. The largest absolute Gasteiger partial charge is 0.310 e. The van der Waals surface area contributed by atoms with Gasteiger partial charge in [-0.1, -0.05) is 18.1 Å². The van der Waals surface area contributed by atoms with Gasteiger partial charge in [0.2, 0.25) is 0 Å². The van der Waals surface area contributed by atoms with E-state index in [4.69, 9.17) is 0 Å². The van der Waals surface area contributed by atoms with E-state index in [0.29, 0.717) is 0 Å². The van der Waals surface area contributed by atoms with Gasteiger partial charge in [-0.3, -0.25) is 4.90 Å². The van der Waals surface area contributed by atoms with Crippen molar-refractivity contribution in [2.45, 2.75) is 50.6 Å². The molecule has 0 spiro atoms. The summed E-state index contributed by atoms with van der Waals surface area (Å²) < 4.78 is 0. The molecular formula is C15H24N2. The smallest absolute Gasteiger partial charge is 0.0320 e. The van der Waals surface area contributed by atoms with E-state index in [0.717, 1.165) is 23.9 Å². The molecule has 0 aromatic carbocycles. The Morgan fingerprint density at radius 1 is 1.24 bits per heavy atom. The van der Waals surface area contributed by atoms with Crippen LogP contribution < -0.4 is 5.32 Å². The molecule has 0 radical (unpaired) electrons. The Morgan fingerprint density at radius 2 is 2.24 bits per heavy atom. The topological polar surface area (TPSA) is 15.3 Å². The molecule has 0 unspecified atom stereocenters. The first-order valence-electron chi connectivity index (χ1n) is 7.60. The number of hydrogen-bond donors (Lipinski definition) is 1. The zero-order chi connectivity index (χ0) is 11.2. The van der Waals surface area contributed by atoms with Gasteiger partial charge in [0.05, 0.1) is 0 Å². The summed E-state index contributed by atoms with van der Waals surface area (Å²) in [4.78, 5) is 2.81. The number of fused-ring (bicyclic) bond motifs is 6. The summed E-state index contributed by atoms with van der Waals surface area (Å²) in [6, 6.07) is 1.64. The number of nitrogens with one attached hydrogen (secondary N) is 1. The molecule has 1 aliphatic carbocycles. The van der Waals surface area contributed by atoms with Crippen molar-refractivity contribution in [1.29, 1.82) is 0 Å². The summed E-state index contributed by atoms with van der Waals surface area (Å²) in [5, 5.41) is 3.78. The first-order valence-corrected chi connectivity index (χ1v) is 7.60. The molecule has 17 heavy (non-hydrogen) atoms. The Morgan fingerprint density at radius 3 is 3.24 bits per heavy atom. The lowest BCUT2D eigenvalue weighted by Crippen LogP contribution is -2.58. The van der Waals surface area contributed by atoms with Gasteiger partial charge in [-0.05, 0) is 57.0 Å². The molecule has 4 rings (SSSR count). The molecule has 3 saturated heterocycles. The molecule has 4 atom stereocenters. The van der Waals surface area contributed by atoms with Gasteiger partial charge in [0, 0.05) is 18.6 Å². The lowest BCUT2D eigenvalue weighted by Gasteiger charge is -2.52. The van der Waals surface area contributed by atoms with Gasteiger partial charge in [-0.15, -0.1) is 0 Å². The molecule has 94 valence electrons. The Kier molecular flexibility index (Phi) is 2.55. The predicted molar refractivity (Wildman–Crippen MR) is 69.9 cm³/mol. The fraction of sp³-hybridized carbons (Fsp3) is 0.867. The Balaban J connectivity index is 1.64. The van der Waals surface area contributed by atoms with Crippen molar-refractivity contribution in [2.24, 2.45) is 11.8 Å². The summed E-state index contributed by atoms with van der Waals surface area (Å²) >= 11 is 0. The van der Waals surface area contributed by atoms with Gasteiger partial charge in [-0.2, -0.15) is 0 Å². The predicted octanol–water partition coefficient (Wildman–Crippen LogP) is 2.17. The molecule has 0 saturated carbocycles. The Bertz CT molecular complexity index is 336. The van der Waals surface area contributed by atoms with Crippen LogP contribution >= 0.6 is 0 Å². The second-order valence-corrected chi connectivity index (χ2v) is 6.49. The second kappa shape index (κ2) is 4.10. The molecular weight excluding hydrogens is 208 g/mol. The number of nitrogens with zero attached hydrogens (tertiary/aromatic N) is 1. The molecule has 3 fully saturated rings. The minimum absolute atomic E-state index is 0.739. The molecule has 0 amide bonds. The van der Waals surface area contributed by atoms with Crippen LogP contribution in [0.5, 0.6) is 0 Å². The fourth-order valence-electron chi connectivity index (χ4n) is 4.80. The minimum atomic E-state index is 0.739. The summed E-state index contributed by atoms with van der Waals surface area (Å²) in [6.45, 7) is 3.98. The van der Waals surface area contributed by atoms with Gasteiger partial charge >= 0.3 is 0 Å². The molecule has 3 heterocycles. The molecule has 2 bridgehead atoms. The Hall–Kier alpha value is -0.340. The van der Waals surface area contributed by atoms with Crippen LogP contribution in [0, 0.1) is 11.8 Å². The lowest BCUT2D eigenvalue weighted by atomic mass is 9.68. The van der Waals surface area contributed by atoms with E-state index in [1.165, 1.54) is 58.2 Å². The number of piperidine rings is 3. The van der Waals surface area contributed by atoms with Gasteiger partial charge in [0.1, 0.15) is 0 Å². The van der Waals surface area contributed by atoms with E-state index in [9.17, 15) is 0 Å². The van der Waals surface area contributed by atoms with E-state index in [1.54, 1.807) is 5.57 Å². The Labute approximate surface area is 104 Å². The van der Waals surface area contributed by atoms with Crippen molar-refractivity contribution >= 4 is 0 Å². The van der Waals surface area contributed by atoms with Crippen molar-refractivity contribution < 1.29 is 0 Å². The van der Waals surface area contributed by atoms with E-state index in [1.807, 2.05) is 0 Å². The summed E-state index contributed by atoms with van der Waals surface area (Å²) in [5.74, 6) is 1.80. The third kappa shape index (κ3) is 1.68. The average molecular weight is 232 g/mol. The van der Waals surface area contributed by atoms with Crippen molar-refractivity contribution in [3.05, 3.63) is 11.6 Å². The highest BCUT2D eigenvalue weighted by Crippen LogP contribution is 2.42. The summed E-state index contributed by atoms with van der Waals surface area (Å²) in [6.07, 6.45) is 11.2. The van der Waals surface area contributed by atoms with Crippen LogP contribution in [0.3, 0.4) is 0 Å². The SMILES string of the molecule is C1=C2CCCN[C@H]2[C@H]2C[C@H]1[C@H]1CCCCN1C2. The quantitative estimate of drug-likeness (QED) is 0.644. The normalized spacial score (nSPS) is 45.8. The average Bonchev–Trinajstić information content (AvgIpc) is 2.39. The van der Waals surface area contributed by atoms with E-state index >= 15 is 0 Å². The standard InChI is InChI=1S/C15H24N2/c1-2-7-17-10-13-9-12(14(17)5-1)8-11-4-3-6-16-15(11)13/h8,12-16H,1-7,9-10H2/t12-,13-,14+,15+/m0/s1. The molecule has 0 aromatic heterocycles. The first kappa shape index (κ1) is 10.6. The van der Waals surface area contributed by atoms with Crippen LogP contribution in [0.1, 0.15) is 38.5 Å². The molecule has 4 aliphatic rings. The number of rotatable bonds is 0. The van der Waals surface area contributed by atoms with E-state index < -0.39 is 0 Å². The zero-order valence-corrected chi connectivity index (χ0v) is 10.7. The van der Waals surface area contributed by atoms with Gasteiger partial charge in [-0.25, -0.2) is 0 Å². The van der Waals surface area contributed by atoms with Crippen LogP contribution in [0.15, 0.2) is 11.6 Å². The third-order valence-electron chi connectivity index (χ3n) is 5.51.